The number of rotatable bonds is 20. The number of benzene rings is 1. The van der Waals surface area contributed by atoms with Crippen LogP contribution < -0.4 is 5.11 Å². The van der Waals surface area contributed by atoms with E-state index in [0.717, 1.165) is 93.1 Å². The molecule has 0 spiro atoms. The van der Waals surface area contributed by atoms with Crippen LogP contribution in [0.2, 0.25) is 0 Å². The van der Waals surface area contributed by atoms with Crippen molar-refractivity contribution in [2.75, 3.05) is 0 Å². The molecule has 5 atom stereocenters. The third-order valence-electron chi connectivity index (χ3n) is 10.5. The molecule has 1 fully saturated rings. The van der Waals surface area contributed by atoms with Gasteiger partial charge in [0.1, 0.15) is 0 Å². The zero-order valence-corrected chi connectivity index (χ0v) is 26.9. The quantitative estimate of drug-likeness (QED) is 0.104. The molecule has 7 heteroatoms. The van der Waals surface area contributed by atoms with Crippen LogP contribution in [0.25, 0.3) is 11.3 Å². The lowest BCUT2D eigenvalue weighted by atomic mass is 9.81. The fourth-order valence-electron chi connectivity index (χ4n) is 7.74. The highest BCUT2D eigenvalue weighted by Crippen LogP contribution is 2.43. The van der Waals surface area contributed by atoms with E-state index in [2.05, 4.69) is 18.0 Å². The van der Waals surface area contributed by atoms with Crippen LogP contribution in [0.4, 0.5) is 0 Å². The summed E-state index contributed by atoms with van der Waals surface area (Å²) in [7, 11) is 0. The van der Waals surface area contributed by atoms with Crippen LogP contribution in [-0.4, -0.2) is 49.2 Å². The van der Waals surface area contributed by atoms with Crippen molar-refractivity contribution in [1.82, 2.24) is 4.98 Å². The Morgan fingerprint density at radius 3 is 2.41 bits per heavy atom. The van der Waals surface area contributed by atoms with Gasteiger partial charge in [0, 0.05) is 17.0 Å². The molecule has 5 unspecified atom stereocenters. The molecule has 0 radical (unpaired) electrons. The second kappa shape index (κ2) is 16.8. The molecule has 1 saturated carbocycles. The smallest absolute Gasteiger partial charge is 0.309 e. The molecular formula is C37H56NO6-. The van der Waals surface area contributed by atoms with Crippen molar-refractivity contribution < 1.29 is 30.3 Å². The maximum Gasteiger partial charge on any atom is 0.309 e. The fraction of sp³-hybridized carbons (Fsp3) is 0.703. The van der Waals surface area contributed by atoms with Crippen molar-refractivity contribution in [2.45, 2.75) is 153 Å². The van der Waals surface area contributed by atoms with Crippen molar-refractivity contribution in [2.24, 2.45) is 11.8 Å². The maximum atomic E-state index is 12.3. The number of hydrogen-bond acceptors (Lipinski definition) is 5. The summed E-state index contributed by atoms with van der Waals surface area (Å²) in [6, 6.07) is 7.62. The summed E-state index contributed by atoms with van der Waals surface area (Å²) in [4.78, 5) is 15.6. The molecule has 246 valence electrons. The average Bonchev–Trinajstić information content (AvgIpc) is 3.58. The Bertz CT molecular complexity index is 1180. The lowest BCUT2D eigenvalue weighted by Crippen LogP contribution is -2.37. The Kier molecular flexibility index (Phi) is 13.2. The van der Waals surface area contributed by atoms with Gasteiger partial charge in [-0.05, 0) is 87.3 Å². The monoisotopic (exact) mass is 610 g/mol. The van der Waals surface area contributed by atoms with Gasteiger partial charge in [-0.15, -0.1) is 5.75 Å². The zero-order chi connectivity index (χ0) is 31.5. The number of aliphatic carboxylic acids is 1. The van der Waals surface area contributed by atoms with Crippen molar-refractivity contribution in [1.29, 1.82) is 0 Å². The molecule has 0 aliphatic heterocycles. The molecule has 5 N–H and O–H groups in total. The third-order valence-corrected chi connectivity index (χ3v) is 10.5. The Morgan fingerprint density at radius 2 is 1.70 bits per heavy atom. The van der Waals surface area contributed by atoms with Crippen molar-refractivity contribution >= 4 is 5.97 Å². The highest BCUT2D eigenvalue weighted by molar-refractivity contribution is 5.73. The number of carbonyl (C=O) groups is 1. The predicted octanol–water partition coefficient (Wildman–Crippen LogP) is 6.83. The van der Waals surface area contributed by atoms with E-state index in [-0.39, 0.29) is 24.2 Å². The van der Waals surface area contributed by atoms with Gasteiger partial charge in [0.15, 0.2) is 0 Å². The molecule has 1 heterocycles. The van der Waals surface area contributed by atoms with Gasteiger partial charge in [-0.3, -0.25) is 4.79 Å². The minimum atomic E-state index is -0.983. The molecule has 7 nitrogen and oxygen atoms in total. The Balaban J connectivity index is 1.20. The number of aliphatic hydroxyl groups is 3. The highest BCUT2D eigenvalue weighted by atomic mass is 16.4. The first-order valence-corrected chi connectivity index (χ1v) is 17.5. The van der Waals surface area contributed by atoms with Crippen LogP contribution in [0.3, 0.4) is 0 Å². The first-order valence-electron chi connectivity index (χ1n) is 17.5. The molecule has 1 aromatic heterocycles. The second-order valence-electron chi connectivity index (χ2n) is 13.8. The highest BCUT2D eigenvalue weighted by Gasteiger charge is 2.42. The van der Waals surface area contributed by atoms with Gasteiger partial charge in [0.05, 0.1) is 23.7 Å². The largest absolute Gasteiger partial charge is 0.872 e. The van der Waals surface area contributed by atoms with E-state index in [1.807, 2.05) is 12.1 Å². The van der Waals surface area contributed by atoms with Gasteiger partial charge >= 0.3 is 5.97 Å². The number of unbranched alkanes of at least 4 members (excludes halogenated alkanes) is 7. The molecular weight excluding hydrogens is 554 g/mol. The first-order chi connectivity index (χ1) is 21.2. The summed E-state index contributed by atoms with van der Waals surface area (Å²) in [5.74, 6) is -1.67. The zero-order valence-electron chi connectivity index (χ0n) is 26.9. The number of aromatic amines is 1. The fourth-order valence-corrected chi connectivity index (χ4v) is 7.74. The van der Waals surface area contributed by atoms with E-state index in [9.17, 15) is 30.3 Å². The van der Waals surface area contributed by atoms with Crippen molar-refractivity contribution in [3.63, 3.8) is 0 Å². The standard InChI is InChI=1S/C37H57NO6/c1-2-3-4-5-8-14-29(39)15-9-6-7-10-16-32(36(42)43)34(41)21-23-37(44)22-12-13-27(37)25-28-24-26-19-20-30-31(35(26)38-28)17-11-18-33(30)40/h11,17-18,24,27,29,32,34,38-41,44H,2-10,12-16,19-23,25H2,1H3,(H,42,43)/p-1. The number of carboxylic acids is 1. The van der Waals surface area contributed by atoms with E-state index >= 15 is 0 Å². The number of nitrogens with one attached hydrogen (secondary N) is 1. The predicted molar refractivity (Wildman–Crippen MR) is 173 cm³/mol. The lowest BCUT2D eigenvalue weighted by Gasteiger charge is -2.32. The molecule has 0 amide bonds. The van der Waals surface area contributed by atoms with Gasteiger partial charge in [0.2, 0.25) is 0 Å². The van der Waals surface area contributed by atoms with Crippen molar-refractivity contribution in [3.05, 3.63) is 41.1 Å². The first kappa shape index (κ1) is 34.5. The number of H-pyrrole nitrogens is 1. The van der Waals surface area contributed by atoms with Crippen LogP contribution in [0.15, 0.2) is 24.3 Å². The SMILES string of the molecule is CCCCCCCC(O)CCCCCCC(C(=O)O)C(O)CCC1(O)CCCC1Cc1cc2c([nH]1)-c1cccc([O-])c1CC2. The van der Waals surface area contributed by atoms with E-state index in [4.69, 9.17) is 0 Å². The summed E-state index contributed by atoms with van der Waals surface area (Å²) >= 11 is 0. The summed E-state index contributed by atoms with van der Waals surface area (Å²) in [6.07, 6.45) is 15.8. The third kappa shape index (κ3) is 9.34. The Morgan fingerprint density at radius 1 is 1.00 bits per heavy atom. The maximum absolute atomic E-state index is 12.3. The molecule has 2 aliphatic carbocycles. The second-order valence-corrected chi connectivity index (χ2v) is 13.8. The summed E-state index contributed by atoms with van der Waals surface area (Å²) < 4.78 is 0. The number of aliphatic hydroxyl groups excluding tert-OH is 2. The Hall–Kier alpha value is -2.35. The van der Waals surface area contributed by atoms with Crippen molar-refractivity contribution in [3.8, 4) is 17.0 Å². The minimum absolute atomic E-state index is 0.0371. The minimum Gasteiger partial charge on any atom is -0.872 e. The topological polar surface area (TPSA) is 137 Å². The molecule has 4 rings (SSSR count). The van der Waals surface area contributed by atoms with E-state index in [1.165, 1.54) is 31.2 Å². The number of aromatic nitrogens is 1. The number of carboxylic acid groups (broad SMARTS) is 1. The molecule has 0 saturated heterocycles. The van der Waals surface area contributed by atoms with Crippen LogP contribution in [0, 0.1) is 11.8 Å². The average molecular weight is 611 g/mol. The lowest BCUT2D eigenvalue weighted by molar-refractivity contribution is -0.269. The summed E-state index contributed by atoms with van der Waals surface area (Å²) in [5, 5.41) is 54.9. The summed E-state index contributed by atoms with van der Waals surface area (Å²) in [5.41, 5.74) is 4.23. The van der Waals surface area contributed by atoms with E-state index in [0.29, 0.717) is 25.7 Å². The number of aryl methyl sites for hydroxylation is 1. The number of hydrogen-bond donors (Lipinski definition) is 5. The number of fused-ring (bicyclic) bond motifs is 3. The van der Waals surface area contributed by atoms with Gasteiger partial charge in [-0.2, -0.15) is 0 Å². The normalized spacial score (nSPS) is 21.5. The van der Waals surface area contributed by atoms with Crippen LogP contribution >= 0.6 is 0 Å². The van der Waals surface area contributed by atoms with Gasteiger partial charge in [0.25, 0.3) is 0 Å². The molecule has 0 bridgehead atoms. The van der Waals surface area contributed by atoms with Crippen LogP contribution in [0.1, 0.15) is 133 Å². The van der Waals surface area contributed by atoms with E-state index in [1.54, 1.807) is 6.07 Å². The van der Waals surface area contributed by atoms with E-state index < -0.39 is 23.6 Å². The van der Waals surface area contributed by atoms with Gasteiger partial charge < -0.3 is 30.5 Å². The van der Waals surface area contributed by atoms with Gasteiger partial charge in [-0.1, -0.05) is 89.3 Å². The molecule has 2 aliphatic rings. The summed E-state index contributed by atoms with van der Waals surface area (Å²) in [6.45, 7) is 2.20. The molecule has 2 aromatic rings. The van der Waals surface area contributed by atoms with Crippen LogP contribution in [0.5, 0.6) is 5.75 Å². The molecule has 44 heavy (non-hydrogen) atoms. The molecule has 1 aromatic carbocycles. The Labute approximate surface area is 264 Å². The van der Waals surface area contributed by atoms with Gasteiger partial charge in [-0.25, -0.2) is 0 Å². The van der Waals surface area contributed by atoms with Crippen LogP contribution in [-0.2, 0) is 24.1 Å².